The van der Waals surface area contributed by atoms with Gasteiger partial charge in [-0.3, -0.25) is 4.68 Å². The van der Waals surface area contributed by atoms with E-state index in [1.165, 1.54) is 0 Å². The maximum Gasteiger partial charge on any atom is 0.259 e. The van der Waals surface area contributed by atoms with Gasteiger partial charge in [0.25, 0.3) is 5.89 Å². The van der Waals surface area contributed by atoms with Crippen molar-refractivity contribution in [3.63, 3.8) is 0 Å². The summed E-state index contributed by atoms with van der Waals surface area (Å²) in [4.78, 5) is 9.11. The van der Waals surface area contributed by atoms with E-state index in [0.29, 0.717) is 17.8 Å². The number of halogens is 1. The standard InChI is InChI=1S/C15H20N6O.ClH/c1-8(16-4)6-13-18-15(22-20-13)12-7-11-10(3)19-21(5)14(11)17-9(12)2;/h7-8,16H,6H2,1-5H3;1H. The van der Waals surface area contributed by atoms with Gasteiger partial charge in [0.15, 0.2) is 11.5 Å². The Kier molecular flexibility index (Phi) is 5.01. The number of pyridine rings is 1. The van der Waals surface area contributed by atoms with Crippen LogP contribution < -0.4 is 5.32 Å². The number of likely N-dealkylation sites (N-methyl/N-ethyl adjacent to an activating group) is 1. The molecule has 0 aliphatic carbocycles. The molecule has 0 saturated carbocycles. The van der Waals surface area contributed by atoms with Gasteiger partial charge in [0.1, 0.15) is 0 Å². The molecule has 3 aromatic rings. The second kappa shape index (κ2) is 6.64. The average Bonchev–Trinajstić information content (AvgIpc) is 3.04. The van der Waals surface area contributed by atoms with E-state index in [-0.39, 0.29) is 12.4 Å². The van der Waals surface area contributed by atoms with Crippen molar-refractivity contribution in [1.82, 2.24) is 30.2 Å². The van der Waals surface area contributed by atoms with Gasteiger partial charge in [0.05, 0.1) is 17.0 Å². The number of fused-ring (bicyclic) bond motifs is 1. The molecule has 0 aliphatic heterocycles. The molecule has 3 aromatic heterocycles. The minimum Gasteiger partial charge on any atom is -0.334 e. The fraction of sp³-hybridized carbons (Fsp3) is 0.467. The van der Waals surface area contributed by atoms with Gasteiger partial charge < -0.3 is 9.84 Å². The van der Waals surface area contributed by atoms with Gasteiger partial charge in [-0.2, -0.15) is 10.1 Å². The molecule has 23 heavy (non-hydrogen) atoms. The third-order valence-corrected chi connectivity index (χ3v) is 3.87. The molecule has 1 N–H and O–H groups in total. The molecule has 8 heteroatoms. The normalized spacial score (nSPS) is 12.4. The highest BCUT2D eigenvalue weighted by molar-refractivity contribution is 5.85. The molecular formula is C15H21ClN6O. The maximum atomic E-state index is 5.42. The first-order valence-electron chi connectivity index (χ1n) is 7.30. The summed E-state index contributed by atoms with van der Waals surface area (Å²) in [7, 11) is 3.81. The van der Waals surface area contributed by atoms with E-state index in [4.69, 9.17) is 4.52 Å². The lowest BCUT2D eigenvalue weighted by molar-refractivity contribution is 0.418. The largest absolute Gasteiger partial charge is 0.334 e. The van der Waals surface area contributed by atoms with E-state index in [0.717, 1.165) is 34.4 Å². The molecule has 0 fully saturated rings. The molecular weight excluding hydrogens is 316 g/mol. The lowest BCUT2D eigenvalue weighted by atomic mass is 10.1. The molecule has 0 amide bonds. The average molecular weight is 337 g/mol. The van der Waals surface area contributed by atoms with Crippen LogP contribution in [0.4, 0.5) is 0 Å². The highest BCUT2D eigenvalue weighted by atomic mass is 35.5. The van der Waals surface area contributed by atoms with Crippen LogP contribution in [-0.2, 0) is 13.5 Å². The number of nitrogens with zero attached hydrogens (tertiary/aromatic N) is 5. The summed E-state index contributed by atoms with van der Waals surface area (Å²) in [5, 5.41) is 12.6. The Bertz CT molecular complexity index is 825. The fourth-order valence-corrected chi connectivity index (χ4v) is 2.47. The Morgan fingerprint density at radius 3 is 2.70 bits per heavy atom. The van der Waals surface area contributed by atoms with E-state index < -0.39 is 0 Å². The zero-order valence-corrected chi connectivity index (χ0v) is 14.7. The molecule has 3 heterocycles. The first kappa shape index (κ1) is 17.4. The van der Waals surface area contributed by atoms with Crippen LogP contribution in [0.25, 0.3) is 22.5 Å². The van der Waals surface area contributed by atoms with Crippen LogP contribution >= 0.6 is 12.4 Å². The summed E-state index contributed by atoms with van der Waals surface area (Å²) in [5.41, 5.74) is 3.52. The number of hydrogen-bond acceptors (Lipinski definition) is 6. The molecule has 124 valence electrons. The fourth-order valence-electron chi connectivity index (χ4n) is 2.47. The highest BCUT2D eigenvalue weighted by Crippen LogP contribution is 2.26. The van der Waals surface area contributed by atoms with E-state index >= 15 is 0 Å². The second-order valence-electron chi connectivity index (χ2n) is 5.61. The lowest BCUT2D eigenvalue weighted by Crippen LogP contribution is -2.24. The molecule has 3 rings (SSSR count). The Hall–Kier alpha value is -1.99. The van der Waals surface area contributed by atoms with Crippen LogP contribution in [0.5, 0.6) is 0 Å². The van der Waals surface area contributed by atoms with Gasteiger partial charge >= 0.3 is 0 Å². The Balaban J connectivity index is 0.00000192. The summed E-state index contributed by atoms with van der Waals surface area (Å²) < 4.78 is 7.20. The Labute approximate surface area is 140 Å². The first-order valence-corrected chi connectivity index (χ1v) is 7.30. The molecule has 1 unspecified atom stereocenters. The number of hydrogen-bond donors (Lipinski definition) is 1. The predicted octanol–water partition coefficient (Wildman–Crippen LogP) is 2.21. The van der Waals surface area contributed by atoms with Crippen molar-refractivity contribution in [1.29, 1.82) is 0 Å². The van der Waals surface area contributed by atoms with Crippen molar-refractivity contribution in [2.45, 2.75) is 33.2 Å². The van der Waals surface area contributed by atoms with Crippen LogP contribution in [0.15, 0.2) is 10.6 Å². The molecule has 0 aromatic carbocycles. The summed E-state index contributed by atoms with van der Waals surface area (Å²) in [5.74, 6) is 1.20. The summed E-state index contributed by atoms with van der Waals surface area (Å²) in [6, 6.07) is 2.33. The molecule has 0 saturated heterocycles. The van der Waals surface area contributed by atoms with E-state index in [9.17, 15) is 0 Å². The van der Waals surface area contributed by atoms with Gasteiger partial charge in [-0.05, 0) is 33.9 Å². The molecule has 0 bridgehead atoms. The minimum atomic E-state index is 0. The number of aromatic nitrogens is 5. The third-order valence-electron chi connectivity index (χ3n) is 3.87. The van der Waals surface area contributed by atoms with Crippen molar-refractivity contribution in [2.75, 3.05) is 7.05 Å². The predicted molar refractivity (Wildman–Crippen MR) is 90.7 cm³/mol. The number of aryl methyl sites for hydroxylation is 3. The Morgan fingerprint density at radius 2 is 2.00 bits per heavy atom. The van der Waals surface area contributed by atoms with Crippen molar-refractivity contribution >= 4 is 23.4 Å². The smallest absolute Gasteiger partial charge is 0.259 e. The van der Waals surface area contributed by atoms with Crippen LogP contribution in [0.3, 0.4) is 0 Å². The van der Waals surface area contributed by atoms with Gasteiger partial charge in [-0.1, -0.05) is 5.16 Å². The molecule has 0 radical (unpaired) electrons. The molecule has 7 nitrogen and oxygen atoms in total. The minimum absolute atomic E-state index is 0. The number of rotatable bonds is 4. The highest BCUT2D eigenvalue weighted by Gasteiger charge is 2.17. The van der Waals surface area contributed by atoms with Crippen LogP contribution in [-0.4, -0.2) is 38.0 Å². The van der Waals surface area contributed by atoms with E-state index in [2.05, 4.69) is 32.5 Å². The van der Waals surface area contributed by atoms with Gasteiger partial charge in [0, 0.05) is 24.9 Å². The summed E-state index contributed by atoms with van der Waals surface area (Å²) in [6.07, 6.45) is 0.723. The third kappa shape index (κ3) is 3.20. The van der Waals surface area contributed by atoms with Crippen molar-refractivity contribution in [2.24, 2.45) is 7.05 Å². The summed E-state index contributed by atoms with van der Waals surface area (Å²) >= 11 is 0. The molecule has 0 spiro atoms. The quantitative estimate of drug-likeness (QED) is 0.786. The van der Waals surface area contributed by atoms with Gasteiger partial charge in [-0.15, -0.1) is 12.4 Å². The van der Waals surface area contributed by atoms with Crippen molar-refractivity contribution < 1.29 is 4.52 Å². The second-order valence-corrected chi connectivity index (χ2v) is 5.61. The SMILES string of the molecule is CNC(C)Cc1noc(-c2cc3c(C)nn(C)c3nc2C)n1.Cl. The maximum absolute atomic E-state index is 5.42. The van der Waals surface area contributed by atoms with E-state index in [1.54, 1.807) is 4.68 Å². The first-order chi connectivity index (χ1) is 10.5. The topological polar surface area (TPSA) is 81.7 Å². The van der Waals surface area contributed by atoms with Crippen LogP contribution in [0, 0.1) is 13.8 Å². The monoisotopic (exact) mass is 336 g/mol. The van der Waals surface area contributed by atoms with Crippen molar-refractivity contribution in [3.05, 3.63) is 23.3 Å². The van der Waals surface area contributed by atoms with Crippen molar-refractivity contribution in [3.8, 4) is 11.5 Å². The number of nitrogens with one attached hydrogen (secondary N) is 1. The van der Waals surface area contributed by atoms with E-state index in [1.807, 2.05) is 34.0 Å². The van der Waals surface area contributed by atoms with Gasteiger partial charge in [-0.25, -0.2) is 4.98 Å². The van der Waals surface area contributed by atoms with Crippen LogP contribution in [0.2, 0.25) is 0 Å². The zero-order chi connectivity index (χ0) is 15.9. The summed E-state index contributed by atoms with van der Waals surface area (Å²) in [6.45, 7) is 5.99. The molecule has 0 aliphatic rings. The van der Waals surface area contributed by atoms with Gasteiger partial charge in [0.2, 0.25) is 0 Å². The Morgan fingerprint density at radius 1 is 1.26 bits per heavy atom. The van der Waals surface area contributed by atoms with Crippen LogP contribution in [0.1, 0.15) is 24.1 Å². The zero-order valence-electron chi connectivity index (χ0n) is 13.9. The molecule has 1 atom stereocenters. The lowest BCUT2D eigenvalue weighted by Gasteiger charge is -2.04.